The van der Waals surface area contributed by atoms with Crippen LogP contribution in [0.4, 0.5) is 0 Å². The molecule has 0 unspecified atom stereocenters. The summed E-state index contributed by atoms with van der Waals surface area (Å²) < 4.78 is 10.8. The van der Waals surface area contributed by atoms with Gasteiger partial charge in [0, 0.05) is 5.56 Å². The van der Waals surface area contributed by atoms with Gasteiger partial charge in [-0.05, 0) is 54.4 Å². The fourth-order valence-electron chi connectivity index (χ4n) is 2.93. The first-order valence-electron chi connectivity index (χ1n) is 8.72. The highest BCUT2D eigenvalue weighted by Crippen LogP contribution is 2.28. The van der Waals surface area contributed by atoms with E-state index < -0.39 is 0 Å². The summed E-state index contributed by atoms with van der Waals surface area (Å²) in [6.07, 6.45) is 0. The zero-order valence-electron chi connectivity index (χ0n) is 15.3. The zero-order valence-corrected chi connectivity index (χ0v) is 15.3. The molecule has 0 saturated carbocycles. The molecule has 3 aromatic rings. The monoisotopic (exact) mass is 349 g/mol. The summed E-state index contributed by atoms with van der Waals surface area (Å²) in [6.45, 7) is 4.39. The normalized spacial score (nSPS) is 11.8. The molecule has 0 aliphatic carbocycles. The van der Waals surface area contributed by atoms with Gasteiger partial charge in [0.05, 0.1) is 19.8 Å². The predicted octanol–water partition coefficient (Wildman–Crippen LogP) is 4.74. The summed E-state index contributed by atoms with van der Waals surface area (Å²) >= 11 is 0. The molecule has 1 atom stereocenters. The van der Waals surface area contributed by atoms with Crippen LogP contribution in [0.5, 0.6) is 11.5 Å². The Hall–Kier alpha value is -3.01. The predicted molar refractivity (Wildman–Crippen MR) is 104 cm³/mol. The standard InChI is InChI=1S/C22H23NO3/c1-4-26-21-14-19(11-12-20(21)25-3)22(24)23-15(2)17-10-9-16-7-5-6-8-18(16)13-17/h5-15H,4H2,1-3H3,(H,23,24)/t15-/m0/s1. The van der Waals surface area contributed by atoms with Crippen LogP contribution in [0.1, 0.15) is 35.8 Å². The molecule has 1 N–H and O–H groups in total. The maximum atomic E-state index is 12.6. The average molecular weight is 349 g/mol. The number of amides is 1. The van der Waals surface area contributed by atoms with Crippen LogP contribution >= 0.6 is 0 Å². The van der Waals surface area contributed by atoms with Gasteiger partial charge in [-0.15, -0.1) is 0 Å². The molecule has 3 aromatic carbocycles. The van der Waals surface area contributed by atoms with E-state index in [-0.39, 0.29) is 11.9 Å². The van der Waals surface area contributed by atoms with Crippen LogP contribution in [0.3, 0.4) is 0 Å². The average Bonchev–Trinajstić information content (AvgIpc) is 2.67. The lowest BCUT2D eigenvalue weighted by molar-refractivity contribution is 0.0939. The van der Waals surface area contributed by atoms with Gasteiger partial charge in [-0.3, -0.25) is 4.79 Å². The van der Waals surface area contributed by atoms with Gasteiger partial charge in [-0.25, -0.2) is 0 Å². The molecule has 0 aliphatic rings. The Labute approximate surface area is 153 Å². The summed E-state index contributed by atoms with van der Waals surface area (Å²) in [5.41, 5.74) is 1.61. The van der Waals surface area contributed by atoms with Crippen molar-refractivity contribution in [2.45, 2.75) is 19.9 Å². The first-order chi connectivity index (χ1) is 12.6. The molecule has 0 heterocycles. The van der Waals surface area contributed by atoms with E-state index in [0.717, 1.165) is 10.9 Å². The second-order valence-corrected chi connectivity index (χ2v) is 6.10. The molecule has 134 valence electrons. The minimum absolute atomic E-state index is 0.107. The molecule has 0 bridgehead atoms. The molecule has 0 aromatic heterocycles. The van der Waals surface area contributed by atoms with Crippen LogP contribution in [-0.2, 0) is 0 Å². The van der Waals surface area contributed by atoms with Gasteiger partial charge >= 0.3 is 0 Å². The van der Waals surface area contributed by atoms with Gasteiger partial charge in [0.1, 0.15) is 0 Å². The van der Waals surface area contributed by atoms with E-state index >= 15 is 0 Å². The molecule has 1 amide bonds. The SMILES string of the molecule is CCOc1cc(C(=O)N[C@@H](C)c2ccc3ccccc3c2)ccc1OC. The maximum Gasteiger partial charge on any atom is 0.251 e. The van der Waals surface area contributed by atoms with Crippen LogP contribution in [0, 0.1) is 0 Å². The van der Waals surface area contributed by atoms with E-state index in [9.17, 15) is 4.79 Å². The van der Waals surface area contributed by atoms with E-state index in [4.69, 9.17) is 9.47 Å². The highest BCUT2D eigenvalue weighted by molar-refractivity contribution is 5.95. The number of carbonyl (C=O) groups excluding carboxylic acids is 1. The van der Waals surface area contributed by atoms with Crippen LogP contribution in [0.15, 0.2) is 60.7 Å². The van der Waals surface area contributed by atoms with Crippen molar-refractivity contribution in [3.63, 3.8) is 0 Å². The van der Waals surface area contributed by atoms with Crippen molar-refractivity contribution in [3.8, 4) is 11.5 Å². The van der Waals surface area contributed by atoms with Crippen molar-refractivity contribution in [2.24, 2.45) is 0 Å². The molecular formula is C22H23NO3. The highest BCUT2D eigenvalue weighted by Gasteiger charge is 2.14. The first-order valence-corrected chi connectivity index (χ1v) is 8.72. The number of rotatable bonds is 6. The largest absolute Gasteiger partial charge is 0.493 e. The molecule has 0 saturated heterocycles. The summed E-state index contributed by atoms with van der Waals surface area (Å²) in [6, 6.07) is 19.5. The molecule has 0 radical (unpaired) electrons. The second-order valence-electron chi connectivity index (χ2n) is 6.10. The number of hydrogen-bond donors (Lipinski definition) is 1. The van der Waals surface area contributed by atoms with Gasteiger partial charge in [-0.1, -0.05) is 36.4 Å². The molecule has 0 spiro atoms. The van der Waals surface area contributed by atoms with Crippen molar-refractivity contribution >= 4 is 16.7 Å². The van der Waals surface area contributed by atoms with Crippen LogP contribution in [0.25, 0.3) is 10.8 Å². The Bertz CT molecular complexity index is 920. The Morgan fingerprint density at radius 2 is 1.77 bits per heavy atom. The lowest BCUT2D eigenvalue weighted by Crippen LogP contribution is -2.26. The Morgan fingerprint density at radius 3 is 2.50 bits per heavy atom. The number of nitrogens with one attached hydrogen (secondary N) is 1. The number of carbonyl (C=O) groups is 1. The third-order valence-corrected chi connectivity index (χ3v) is 4.35. The van der Waals surface area contributed by atoms with Crippen LogP contribution in [0.2, 0.25) is 0 Å². The van der Waals surface area contributed by atoms with Crippen molar-refractivity contribution in [3.05, 3.63) is 71.8 Å². The fraction of sp³-hybridized carbons (Fsp3) is 0.227. The van der Waals surface area contributed by atoms with E-state index in [1.807, 2.05) is 32.0 Å². The fourth-order valence-corrected chi connectivity index (χ4v) is 2.93. The van der Waals surface area contributed by atoms with Crippen molar-refractivity contribution in [1.82, 2.24) is 5.32 Å². The van der Waals surface area contributed by atoms with Crippen molar-refractivity contribution in [1.29, 1.82) is 0 Å². The number of ether oxygens (including phenoxy) is 2. The third kappa shape index (κ3) is 3.80. The van der Waals surface area contributed by atoms with Crippen molar-refractivity contribution in [2.75, 3.05) is 13.7 Å². The third-order valence-electron chi connectivity index (χ3n) is 4.35. The van der Waals surface area contributed by atoms with Crippen LogP contribution in [-0.4, -0.2) is 19.6 Å². The summed E-state index contributed by atoms with van der Waals surface area (Å²) in [4.78, 5) is 12.6. The Morgan fingerprint density at radius 1 is 1.00 bits per heavy atom. The smallest absolute Gasteiger partial charge is 0.251 e. The summed E-state index contributed by atoms with van der Waals surface area (Å²) in [7, 11) is 1.58. The van der Waals surface area contributed by atoms with E-state index in [1.54, 1.807) is 25.3 Å². The van der Waals surface area contributed by atoms with E-state index in [1.165, 1.54) is 5.39 Å². The highest BCUT2D eigenvalue weighted by atomic mass is 16.5. The Balaban J connectivity index is 1.78. The quantitative estimate of drug-likeness (QED) is 0.699. The lowest BCUT2D eigenvalue weighted by Gasteiger charge is -2.16. The summed E-state index contributed by atoms with van der Waals surface area (Å²) in [5, 5.41) is 5.40. The molecule has 4 nitrogen and oxygen atoms in total. The molecule has 26 heavy (non-hydrogen) atoms. The van der Waals surface area contributed by atoms with Crippen molar-refractivity contribution < 1.29 is 14.3 Å². The maximum absolute atomic E-state index is 12.6. The number of methoxy groups -OCH3 is 1. The lowest BCUT2D eigenvalue weighted by atomic mass is 10.0. The van der Waals surface area contributed by atoms with Gasteiger partial charge in [-0.2, -0.15) is 0 Å². The first kappa shape index (κ1) is 17.8. The van der Waals surface area contributed by atoms with Crippen LogP contribution < -0.4 is 14.8 Å². The van der Waals surface area contributed by atoms with E-state index in [0.29, 0.717) is 23.7 Å². The van der Waals surface area contributed by atoms with Gasteiger partial charge < -0.3 is 14.8 Å². The summed E-state index contributed by atoms with van der Waals surface area (Å²) in [5.74, 6) is 1.04. The second kappa shape index (κ2) is 7.91. The molecule has 0 aliphatic heterocycles. The number of benzene rings is 3. The van der Waals surface area contributed by atoms with Gasteiger partial charge in [0.25, 0.3) is 5.91 Å². The topological polar surface area (TPSA) is 47.6 Å². The van der Waals surface area contributed by atoms with Gasteiger partial charge in [0.15, 0.2) is 11.5 Å². The molecule has 0 fully saturated rings. The number of fused-ring (bicyclic) bond motifs is 1. The minimum atomic E-state index is -0.144. The number of hydrogen-bond acceptors (Lipinski definition) is 3. The van der Waals surface area contributed by atoms with Gasteiger partial charge in [0.2, 0.25) is 0 Å². The van der Waals surface area contributed by atoms with E-state index in [2.05, 4.69) is 29.6 Å². The zero-order chi connectivity index (χ0) is 18.5. The molecular weight excluding hydrogens is 326 g/mol. The molecule has 4 heteroatoms. The molecule has 3 rings (SSSR count). The Kier molecular flexibility index (Phi) is 5.42. The minimum Gasteiger partial charge on any atom is -0.493 e.